The lowest BCUT2D eigenvalue weighted by Gasteiger charge is -2.13. The number of hydrogen-bond acceptors (Lipinski definition) is 2. The first kappa shape index (κ1) is 10.7. The van der Waals surface area contributed by atoms with E-state index in [1.807, 2.05) is 41.9 Å². The van der Waals surface area contributed by atoms with Gasteiger partial charge in [0.25, 0.3) is 5.91 Å². The van der Waals surface area contributed by atoms with Crippen LogP contribution in [0.5, 0.6) is 0 Å². The molecule has 0 aliphatic carbocycles. The average Bonchev–Trinajstić information content (AvgIpc) is 2.66. The van der Waals surface area contributed by atoms with Crippen molar-refractivity contribution >= 4 is 28.6 Å². The summed E-state index contributed by atoms with van der Waals surface area (Å²) < 4.78 is 1.91. The van der Waals surface area contributed by atoms with Crippen LogP contribution in [0.4, 0.5) is 0 Å². The van der Waals surface area contributed by atoms with Crippen molar-refractivity contribution in [3.8, 4) is 0 Å². The van der Waals surface area contributed by atoms with E-state index in [2.05, 4.69) is 10.3 Å². The van der Waals surface area contributed by atoms with E-state index in [1.54, 1.807) is 0 Å². The Morgan fingerprint density at radius 3 is 2.78 bits per heavy atom. The predicted molar refractivity (Wildman–Crippen MR) is 67.2 cm³/mol. The number of hydrogen-bond donors (Lipinski definition) is 1. The highest BCUT2D eigenvalue weighted by molar-refractivity contribution is 6.19. The van der Waals surface area contributed by atoms with E-state index >= 15 is 0 Å². The van der Waals surface area contributed by atoms with Gasteiger partial charge in [-0.2, -0.15) is 4.99 Å². The molecule has 0 saturated heterocycles. The average molecular weight is 241 g/mol. The molecule has 1 aliphatic heterocycles. The van der Waals surface area contributed by atoms with Gasteiger partial charge in [0.05, 0.1) is 5.69 Å². The van der Waals surface area contributed by atoms with Crippen LogP contribution in [-0.4, -0.2) is 22.2 Å². The predicted octanol–water partition coefficient (Wildman–Crippen LogP) is 0.971. The van der Waals surface area contributed by atoms with Crippen LogP contribution in [0.15, 0.2) is 35.3 Å². The summed E-state index contributed by atoms with van der Waals surface area (Å²) in [5.74, 6) is -0.385. The molecule has 5 nitrogen and oxygen atoms in total. The van der Waals surface area contributed by atoms with Gasteiger partial charge < -0.3 is 9.88 Å². The van der Waals surface area contributed by atoms with Gasteiger partial charge in [-0.25, -0.2) is 0 Å². The summed E-state index contributed by atoms with van der Waals surface area (Å²) in [5.41, 5.74) is 1.76. The van der Waals surface area contributed by atoms with Gasteiger partial charge in [-0.1, -0.05) is 18.2 Å². The van der Waals surface area contributed by atoms with Crippen LogP contribution in [0, 0.1) is 0 Å². The van der Waals surface area contributed by atoms with Gasteiger partial charge >= 0.3 is 0 Å². The smallest absolute Gasteiger partial charge is 0.257 e. The molecule has 1 aliphatic rings. The van der Waals surface area contributed by atoms with Crippen molar-refractivity contribution in [3.05, 3.63) is 36.0 Å². The first-order chi connectivity index (χ1) is 8.65. The standard InChI is InChI=1S/C13H11N3O2/c1-16-9-5-3-2-4-8(9)6-10(16)13-14-11(17)7-12(18)15-13/h2-6H,7H2,1H3,(H,14,15,17,18). The number of amidine groups is 1. The topological polar surface area (TPSA) is 63.5 Å². The third kappa shape index (κ3) is 1.60. The lowest BCUT2D eigenvalue weighted by atomic mass is 10.2. The number of para-hydroxylation sites is 1. The van der Waals surface area contributed by atoms with Crippen molar-refractivity contribution < 1.29 is 9.59 Å². The minimum atomic E-state index is -0.404. The van der Waals surface area contributed by atoms with Crippen LogP contribution < -0.4 is 5.32 Å². The molecular formula is C13H11N3O2. The Morgan fingerprint density at radius 2 is 2.06 bits per heavy atom. The summed E-state index contributed by atoms with van der Waals surface area (Å²) in [6.07, 6.45) is -0.173. The van der Waals surface area contributed by atoms with Crippen LogP contribution in [0.25, 0.3) is 10.9 Å². The molecule has 3 rings (SSSR count). The highest BCUT2D eigenvalue weighted by Crippen LogP contribution is 2.19. The maximum Gasteiger partial charge on any atom is 0.257 e. The molecule has 1 N–H and O–H groups in total. The quantitative estimate of drug-likeness (QED) is 0.756. The molecule has 1 aromatic carbocycles. The van der Waals surface area contributed by atoms with Crippen LogP contribution in [0.2, 0.25) is 0 Å². The number of benzene rings is 1. The summed E-state index contributed by atoms with van der Waals surface area (Å²) in [7, 11) is 1.88. The summed E-state index contributed by atoms with van der Waals surface area (Å²) in [4.78, 5) is 26.6. The molecule has 2 aromatic rings. The van der Waals surface area contributed by atoms with E-state index in [0.29, 0.717) is 5.84 Å². The van der Waals surface area contributed by atoms with Crippen molar-refractivity contribution in [1.29, 1.82) is 0 Å². The van der Waals surface area contributed by atoms with Crippen LogP contribution in [-0.2, 0) is 16.6 Å². The number of nitrogens with one attached hydrogen (secondary N) is 1. The zero-order valence-corrected chi connectivity index (χ0v) is 9.80. The molecule has 0 saturated carbocycles. The Morgan fingerprint density at radius 1 is 1.28 bits per heavy atom. The number of rotatable bonds is 1. The van der Waals surface area contributed by atoms with Gasteiger partial charge in [0, 0.05) is 18.0 Å². The molecule has 5 heteroatoms. The third-order valence-corrected chi connectivity index (χ3v) is 3.00. The maximum atomic E-state index is 11.4. The van der Waals surface area contributed by atoms with E-state index in [-0.39, 0.29) is 12.3 Å². The molecule has 1 aromatic heterocycles. The zero-order chi connectivity index (χ0) is 12.7. The Kier molecular flexibility index (Phi) is 2.26. The second-order valence-electron chi connectivity index (χ2n) is 4.23. The zero-order valence-electron chi connectivity index (χ0n) is 9.80. The molecule has 0 bridgehead atoms. The number of carbonyl (C=O) groups is 2. The maximum absolute atomic E-state index is 11.4. The van der Waals surface area contributed by atoms with Crippen molar-refractivity contribution in [2.24, 2.45) is 12.0 Å². The molecule has 0 atom stereocenters. The van der Waals surface area contributed by atoms with Gasteiger partial charge in [-0.05, 0) is 12.1 Å². The van der Waals surface area contributed by atoms with Gasteiger partial charge in [0.2, 0.25) is 5.91 Å². The van der Waals surface area contributed by atoms with Crippen molar-refractivity contribution in [3.63, 3.8) is 0 Å². The summed E-state index contributed by atoms with van der Waals surface area (Å²) in [6.45, 7) is 0. The number of nitrogens with zero attached hydrogens (tertiary/aromatic N) is 2. The monoisotopic (exact) mass is 241 g/mol. The SMILES string of the molecule is Cn1c(C2=NC(=O)CC(=O)N2)cc2ccccc21. The number of aliphatic imine (C=N–C) groups is 1. The van der Waals surface area contributed by atoms with E-state index in [1.165, 1.54) is 0 Å². The first-order valence-electron chi connectivity index (χ1n) is 5.61. The number of amides is 2. The van der Waals surface area contributed by atoms with Gasteiger partial charge in [-0.3, -0.25) is 9.59 Å². The van der Waals surface area contributed by atoms with E-state index < -0.39 is 5.91 Å². The normalized spacial score (nSPS) is 15.7. The minimum Gasteiger partial charge on any atom is -0.341 e. The van der Waals surface area contributed by atoms with E-state index in [9.17, 15) is 9.59 Å². The Bertz CT molecular complexity index is 697. The van der Waals surface area contributed by atoms with Gasteiger partial charge in [0.15, 0.2) is 5.84 Å². The fourth-order valence-electron chi connectivity index (χ4n) is 2.14. The number of carbonyl (C=O) groups excluding carboxylic acids is 2. The Labute approximate surface area is 103 Å². The molecule has 0 unspecified atom stereocenters. The highest BCUT2D eigenvalue weighted by Gasteiger charge is 2.21. The largest absolute Gasteiger partial charge is 0.341 e. The molecule has 2 amide bonds. The van der Waals surface area contributed by atoms with Gasteiger partial charge in [0.1, 0.15) is 6.42 Å². The fourth-order valence-corrected chi connectivity index (χ4v) is 2.14. The van der Waals surface area contributed by atoms with Crippen molar-refractivity contribution in [1.82, 2.24) is 9.88 Å². The second-order valence-corrected chi connectivity index (χ2v) is 4.23. The number of aromatic nitrogens is 1. The van der Waals surface area contributed by atoms with Gasteiger partial charge in [-0.15, -0.1) is 0 Å². The van der Waals surface area contributed by atoms with Crippen molar-refractivity contribution in [2.75, 3.05) is 0 Å². The Balaban J connectivity index is 2.17. The van der Waals surface area contributed by atoms with Crippen LogP contribution >= 0.6 is 0 Å². The van der Waals surface area contributed by atoms with Crippen LogP contribution in [0.3, 0.4) is 0 Å². The molecule has 2 heterocycles. The van der Waals surface area contributed by atoms with Crippen molar-refractivity contribution in [2.45, 2.75) is 6.42 Å². The Hall–Kier alpha value is -2.43. The van der Waals surface area contributed by atoms with Crippen LogP contribution in [0.1, 0.15) is 12.1 Å². The molecule has 90 valence electrons. The second kappa shape index (κ2) is 3.80. The molecule has 0 spiro atoms. The highest BCUT2D eigenvalue weighted by atomic mass is 16.2. The molecule has 0 radical (unpaired) electrons. The lowest BCUT2D eigenvalue weighted by molar-refractivity contribution is -0.127. The molecular weight excluding hydrogens is 230 g/mol. The lowest BCUT2D eigenvalue weighted by Crippen LogP contribution is -2.38. The number of aryl methyl sites for hydroxylation is 1. The minimum absolute atomic E-state index is 0.173. The molecule has 18 heavy (non-hydrogen) atoms. The summed E-state index contributed by atoms with van der Waals surface area (Å²) >= 11 is 0. The summed E-state index contributed by atoms with van der Waals surface area (Å²) in [6, 6.07) is 9.75. The molecule has 0 fully saturated rings. The summed E-state index contributed by atoms with van der Waals surface area (Å²) in [5, 5.41) is 3.68. The first-order valence-corrected chi connectivity index (χ1v) is 5.61. The third-order valence-electron chi connectivity index (χ3n) is 3.00. The van der Waals surface area contributed by atoms with E-state index in [0.717, 1.165) is 16.6 Å². The van der Waals surface area contributed by atoms with E-state index in [4.69, 9.17) is 0 Å². The number of fused-ring (bicyclic) bond motifs is 1. The fraction of sp³-hybridized carbons (Fsp3) is 0.154.